The summed E-state index contributed by atoms with van der Waals surface area (Å²) >= 11 is 12.6. The lowest BCUT2D eigenvalue weighted by Crippen LogP contribution is -2.53. The molecule has 3 amide bonds. The molecular weight excluding hydrogens is 650 g/mol. The van der Waals surface area contributed by atoms with Gasteiger partial charge < -0.3 is 19.4 Å². The molecule has 46 heavy (non-hydrogen) atoms. The van der Waals surface area contributed by atoms with E-state index in [4.69, 9.17) is 27.9 Å². The molecule has 0 spiro atoms. The van der Waals surface area contributed by atoms with Crippen molar-refractivity contribution < 1.29 is 32.3 Å². The van der Waals surface area contributed by atoms with Crippen LogP contribution in [0.15, 0.2) is 36.4 Å². The molecule has 2 aliphatic heterocycles. The number of alkyl halides is 3. The molecule has 0 aliphatic carbocycles. The molecule has 3 heterocycles. The number of hydrogen-bond donors (Lipinski definition) is 0. The Morgan fingerprint density at radius 3 is 2.30 bits per heavy atom. The third kappa shape index (κ3) is 6.77. The Kier molecular flexibility index (Phi) is 9.78. The van der Waals surface area contributed by atoms with Gasteiger partial charge >= 0.3 is 6.18 Å². The maximum atomic E-state index is 14.1. The minimum atomic E-state index is -4.83. The summed E-state index contributed by atoms with van der Waals surface area (Å²) in [4.78, 5) is 44.6. The number of likely N-dealkylation sites (tertiary alicyclic amines) is 2. The minimum Gasteiger partial charge on any atom is -0.496 e. The molecule has 16 heteroatoms. The van der Waals surface area contributed by atoms with Gasteiger partial charge in [-0.25, -0.2) is 0 Å². The molecule has 2 saturated heterocycles. The largest absolute Gasteiger partial charge is 0.496 e. The molecule has 3 aromatic rings. The standard InChI is InChI=1S/C30H32Cl2F3N7O4/c1-17(43)40-11-8-18(9-12-40)27(44)41-13-10-25(22(16-41)19-4-6-23(31)24(32)14-19)39(2)28(45)21-15-20(5-7-26(21)46-3)42-29(30(33,34)35)36-37-38-42/h4-7,14-15,18,22,25H,8-13,16H2,1-3H3. The quantitative estimate of drug-likeness (QED) is 0.370. The fraction of sp³-hybridized carbons (Fsp3) is 0.467. The maximum absolute atomic E-state index is 14.1. The van der Waals surface area contributed by atoms with Crippen molar-refractivity contribution in [3.05, 3.63) is 63.4 Å². The van der Waals surface area contributed by atoms with Gasteiger partial charge in [-0.3, -0.25) is 14.4 Å². The van der Waals surface area contributed by atoms with Crippen LogP contribution in [-0.4, -0.2) is 99.0 Å². The van der Waals surface area contributed by atoms with E-state index >= 15 is 0 Å². The molecular formula is C30H32Cl2F3N7O4. The van der Waals surface area contributed by atoms with E-state index in [-0.39, 0.29) is 40.7 Å². The smallest absolute Gasteiger partial charge is 0.453 e. The molecule has 2 fully saturated rings. The van der Waals surface area contributed by atoms with Gasteiger partial charge in [-0.15, -0.1) is 5.10 Å². The number of methoxy groups -OCH3 is 1. The van der Waals surface area contributed by atoms with Crippen LogP contribution < -0.4 is 4.74 Å². The van der Waals surface area contributed by atoms with Crippen LogP contribution in [0.1, 0.15) is 53.8 Å². The monoisotopic (exact) mass is 681 g/mol. The molecule has 2 aromatic carbocycles. The summed E-state index contributed by atoms with van der Waals surface area (Å²) in [5.41, 5.74) is 0.703. The highest BCUT2D eigenvalue weighted by molar-refractivity contribution is 6.42. The van der Waals surface area contributed by atoms with Crippen LogP contribution >= 0.6 is 23.2 Å². The van der Waals surface area contributed by atoms with Crippen LogP contribution in [0.25, 0.3) is 5.69 Å². The summed E-state index contributed by atoms with van der Waals surface area (Å²) in [7, 11) is 2.96. The highest BCUT2D eigenvalue weighted by Gasteiger charge is 2.41. The zero-order valence-corrected chi connectivity index (χ0v) is 26.8. The number of tetrazole rings is 1. The van der Waals surface area contributed by atoms with Crippen molar-refractivity contribution in [1.82, 2.24) is 34.9 Å². The number of ether oxygens (including phenoxy) is 1. The molecule has 246 valence electrons. The number of carbonyl (C=O) groups excluding carboxylic acids is 3. The second-order valence-corrected chi connectivity index (χ2v) is 12.2. The fourth-order valence-corrected chi connectivity index (χ4v) is 6.55. The summed E-state index contributed by atoms with van der Waals surface area (Å²) in [6.45, 7) is 3.23. The number of rotatable bonds is 6. The normalized spacial score (nSPS) is 19.2. The molecule has 5 rings (SSSR count). The third-order valence-electron chi connectivity index (χ3n) is 8.75. The Labute approximate surface area is 273 Å². The van der Waals surface area contributed by atoms with Crippen molar-refractivity contribution in [1.29, 1.82) is 0 Å². The summed E-state index contributed by atoms with van der Waals surface area (Å²) in [5, 5.41) is 10.4. The van der Waals surface area contributed by atoms with E-state index in [1.807, 2.05) is 0 Å². The molecule has 2 aliphatic rings. The Balaban J connectivity index is 1.43. The lowest BCUT2D eigenvalue weighted by atomic mass is 9.83. The third-order valence-corrected chi connectivity index (χ3v) is 9.49. The second kappa shape index (κ2) is 13.4. The summed E-state index contributed by atoms with van der Waals surface area (Å²) in [5.74, 6) is -2.31. The summed E-state index contributed by atoms with van der Waals surface area (Å²) in [6.07, 6.45) is -3.27. The van der Waals surface area contributed by atoms with Crippen LogP contribution in [0.3, 0.4) is 0 Å². The molecule has 11 nitrogen and oxygen atoms in total. The SMILES string of the molecule is COc1ccc(-n2nnnc2C(F)(F)F)cc1C(=O)N(C)C1CCN(C(=O)C2CCN(C(C)=O)CC2)CC1c1ccc(Cl)c(Cl)c1. The Hall–Kier alpha value is -3.91. The number of hydrogen-bond acceptors (Lipinski definition) is 7. The first-order chi connectivity index (χ1) is 21.8. The number of nitrogens with zero attached hydrogens (tertiary/aromatic N) is 7. The van der Waals surface area contributed by atoms with Crippen LogP contribution in [0, 0.1) is 5.92 Å². The first kappa shape index (κ1) is 33.5. The van der Waals surface area contributed by atoms with E-state index in [1.165, 1.54) is 37.1 Å². The average molecular weight is 683 g/mol. The number of amides is 3. The predicted molar refractivity (Wildman–Crippen MR) is 162 cm³/mol. The number of likely N-dealkylation sites (N-methyl/N-ethyl adjacent to an activating group) is 1. The second-order valence-electron chi connectivity index (χ2n) is 11.4. The fourth-order valence-electron chi connectivity index (χ4n) is 6.25. The van der Waals surface area contributed by atoms with Gasteiger partial charge in [0.25, 0.3) is 11.7 Å². The lowest BCUT2D eigenvalue weighted by Gasteiger charge is -2.44. The zero-order valence-electron chi connectivity index (χ0n) is 25.3. The van der Waals surface area contributed by atoms with E-state index in [0.29, 0.717) is 60.2 Å². The van der Waals surface area contributed by atoms with Crippen molar-refractivity contribution in [3.63, 3.8) is 0 Å². The van der Waals surface area contributed by atoms with Crippen LogP contribution in [0.5, 0.6) is 5.75 Å². The van der Waals surface area contributed by atoms with E-state index in [9.17, 15) is 27.6 Å². The summed E-state index contributed by atoms with van der Waals surface area (Å²) in [6, 6.07) is 8.72. The zero-order chi connectivity index (χ0) is 33.3. The van der Waals surface area contributed by atoms with E-state index in [0.717, 1.165) is 5.56 Å². The van der Waals surface area contributed by atoms with Gasteiger partial charge in [-0.1, -0.05) is 29.3 Å². The van der Waals surface area contributed by atoms with E-state index in [2.05, 4.69) is 15.5 Å². The maximum Gasteiger partial charge on any atom is 0.453 e. The Morgan fingerprint density at radius 1 is 0.978 bits per heavy atom. The summed E-state index contributed by atoms with van der Waals surface area (Å²) < 4.78 is 46.5. The number of carbonyl (C=O) groups is 3. The van der Waals surface area contributed by atoms with Crippen LogP contribution in [0.4, 0.5) is 13.2 Å². The van der Waals surface area contributed by atoms with Crippen molar-refractivity contribution in [2.75, 3.05) is 40.3 Å². The highest BCUT2D eigenvalue weighted by atomic mass is 35.5. The Morgan fingerprint density at radius 2 is 1.67 bits per heavy atom. The number of aromatic nitrogens is 4. The number of halogens is 5. The van der Waals surface area contributed by atoms with Crippen molar-refractivity contribution in [2.45, 2.75) is 44.3 Å². The molecule has 0 bridgehead atoms. The molecule has 2 atom stereocenters. The first-order valence-corrected chi connectivity index (χ1v) is 15.4. The van der Waals surface area contributed by atoms with Gasteiger partial charge in [0.2, 0.25) is 11.8 Å². The van der Waals surface area contributed by atoms with Crippen molar-refractivity contribution >= 4 is 40.9 Å². The van der Waals surface area contributed by atoms with Gasteiger partial charge in [0, 0.05) is 58.0 Å². The highest BCUT2D eigenvalue weighted by Crippen LogP contribution is 2.37. The molecule has 0 saturated carbocycles. The van der Waals surface area contributed by atoms with Crippen LogP contribution in [0.2, 0.25) is 10.0 Å². The van der Waals surface area contributed by atoms with Gasteiger partial charge in [0.15, 0.2) is 0 Å². The topological polar surface area (TPSA) is 114 Å². The van der Waals surface area contributed by atoms with E-state index < -0.39 is 23.9 Å². The Bertz CT molecular complexity index is 1630. The molecule has 0 radical (unpaired) electrons. The van der Waals surface area contributed by atoms with Gasteiger partial charge in [-0.2, -0.15) is 17.9 Å². The minimum absolute atomic E-state index is 0.00280. The van der Waals surface area contributed by atoms with Gasteiger partial charge in [-0.05, 0) is 65.6 Å². The molecule has 0 N–H and O–H groups in total. The first-order valence-electron chi connectivity index (χ1n) is 14.6. The van der Waals surface area contributed by atoms with Gasteiger partial charge in [0.05, 0.1) is 28.4 Å². The van der Waals surface area contributed by atoms with Crippen LogP contribution in [-0.2, 0) is 15.8 Å². The average Bonchev–Trinajstić information content (AvgIpc) is 3.56. The lowest BCUT2D eigenvalue weighted by molar-refractivity contribution is -0.146. The van der Waals surface area contributed by atoms with Crippen molar-refractivity contribution in [3.8, 4) is 11.4 Å². The molecule has 1 aromatic heterocycles. The number of piperidine rings is 2. The van der Waals surface area contributed by atoms with Crippen molar-refractivity contribution in [2.24, 2.45) is 5.92 Å². The predicted octanol–water partition coefficient (Wildman–Crippen LogP) is 4.71. The number of benzene rings is 2. The van der Waals surface area contributed by atoms with E-state index in [1.54, 1.807) is 35.0 Å². The van der Waals surface area contributed by atoms with Gasteiger partial charge in [0.1, 0.15) is 5.75 Å². The molecule has 2 unspecified atom stereocenters.